The molecule has 0 spiro atoms. The first kappa shape index (κ1) is 13.0. The molecule has 1 amide bonds. The van der Waals surface area contributed by atoms with Crippen molar-refractivity contribution in [3.63, 3.8) is 0 Å². The molecule has 0 aliphatic heterocycles. The van der Waals surface area contributed by atoms with Gasteiger partial charge in [0, 0.05) is 17.1 Å². The Kier molecular flexibility index (Phi) is 3.76. The predicted molar refractivity (Wildman–Crippen MR) is 71.9 cm³/mol. The summed E-state index contributed by atoms with van der Waals surface area (Å²) in [7, 11) is 1.55. The molecule has 19 heavy (non-hydrogen) atoms. The molecule has 0 aliphatic carbocycles. The summed E-state index contributed by atoms with van der Waals surface area (Å²) in [5, 5.41) is 14.6. The standard InChI is InChI=1S/C12H10N2O4S/c1-18-10-4-2-9(3-5-10)13-12(15)8-6-11(14(16)17)19-7-8/h2-7H,1H3,(H,13,15). The van der Waals surface area contributed by atoms with E-state index in [9.17, 15) is 14.9 Å². The van der Waals surface area contributed by atoms with Gasteiger partial charge in [-0.3, -0.25) is 14.9 Å². The van der Waals surface area contributed by atoms with Crippen LogP contribution in [0.4, 0.5) is 10.7 Å². The monoisotopic (exact) mass is 278 g/mol. The molecule has 7 heteroatoms. The molecule has 0 saturated heterocycles. The van der Waals surface area contributed by atoms with Crippen LogP contribution in [0.2, 0.25) is 0 Å². The van der Waals surface area contributed by atoms with Gasteiger partial charge in [-0.25, -0.2) is 0 Å². The molecule has 6 nitrogen and oxygen atoms in total. The highest BCUT2D eigenvalue weighted by Gasteiger charge is 2.14. The van der Waals surface area contributed by atoms with Gasteiger partial charge in [0.2, 0.25) is 0 Å². The van der Waals surface area contributed by atoms with Gasteiger partial charge in [0.25, 0.3) is 5.91 Å². The van der Waals surface area contributed by atoms with Gasteiger partial charge in [0.05, 0.1) is 17.6 Å². The number of carbonyl (C=O) groups excluding carboxylic acids is 1. The molecular weight excluding hydrogens is 268 g/mol. The molecule has 0 bridgehead atoms. The van der Waals surface area contributed by atoms with Crippen molar-refractivity contribution in [2.24, 2.45) is 0 Å². The number of ether oxygens (including phenoxy) is 1. The molecule has 0 aliphatic rings. The summed E-state index contributed by atoms with van der Waals surface area (Å²) in [5.41, 5.74) is 0.868. The number of amides is 1. The van der Waals surface area contributed by atoms with Gasteiger partial charge in [-0.05, 0) is 24.3 Å². The van der Waals surface area contributed by atoms with Crippen molar-refractivity contribution >= 4 is 27.9 Å². The highest BCUT2D eigenvalue weighted by Crippen LogP contribution is 2.23. The Balaban J connectivity index is 2.08. The summed E-state index contributed by atoms with van der Waals surface area (Å²) >= 11 is 0.923. The van der Waals surface area contributed by atoms with Gasteiger partial charge in [-0.2, -0.15) is 0 Å². The third-order valence-electron chi connectivity index (χ3n) is 2.38. The summed E-state index contributed by atoms with van der Waals surface area (Å²) in [6.45, 7) is 0. The molecule has 2 aromatic rings. The number of benzene rings is 1. The summed E-state index contributed by atoms with van der Waals surface area (Å²) in [6.07, 6.45) is 0. The molecule has 1 N–H and O–H groups in total. The SMILES string of the molecule is COc1ccc(NC(=O)c2csc([N+](=O)[O-])c2)cc1. The zero-order valence-corrected chi connectivity index (χ0v) is 10.8. The Morgan fingerprint density at radius 3 is 2.58 bits per heavy atom. The molecule has 0 saturated carbocycles. The first-order valence-electron chi connectivity index (χ1n) is 5.28. The van der Waals surface area contributed by atoms with Crippen LogP contribution in [0.5, 0.6) is 5.75 Å². The molecule has 98 valence electrons. The van der Waals surface area contributed by atoms with Gasteiger partial charge >= 0.3 is 5.00 Å². The Hall–Kier alpha value is -2.41. The minimum absolute atomic E-state index is 0.0557. The highest BCUT2D eigenvalue weighted by molar-refractivity contribution is 7.13. The lowest BCUT2D eigenvalue weighted by Gasteiger charge is -2.04. The first-order valence-corrected chi connectivity index (χ1v) is 6.16. The maximum atomic E-state index is 11.8. The van der Waals surface area contributed by atoms with Gasteiger partial charge in [0.15, 0.2) is 0 Å². The number of thiophene rings is 1. The number of carbonyl (C=O) groups is 1. The molecule has 1 heterocycles. The van der Waals surface area contributed by atoms with E-state index in [1.807, 2.05) is 0 Å². The van der Waals surface area contributed by atoms with Crippen molar-refractivity contribution in [3.05, 3.63) is 51.4 Å². The minimum Gasteiger partial charge on any atom is -0.497 e. The normalized spacial score (nSPS) is 9.95. The topological polar surface area (TPSA) is 81.5 Å². The minimum atomic E-state index is -0.519. The van der Waals surface area contributed by atoms with E-state index in [0.717, 1.165) is 11.3 Å². The van der Waals surface area contributed by atoms with Crippen LogP contribution in [0.1, 0.15) is 10.4 Å². The summed E-state index contributed by atoms with van der Waals surface area (Å²) in [5.74, 6) is 0.304. The summed E-state index contributed by atoms with van der Waals surface area (Å²) in [6, 6.07) is 8.07. The van der Waals surface area contributed by atoms with Crippen molar-refractivity contribution < 1.29 is 14.5 Å². The average molecular weight is 278 g/mol. The second kappa shape index (κ2) is 5.49. The van der Waals surface area contributed by atoms with Gasteiger partial charge < -0.3 is 10.1 Å². The molecule has 0 radical (unpaired) electrons. The molecule has 2 rings (SSSR count). The van der Waals surface area contributed by atoms with Gasteiger partial charge in [0.1, 0.15) is 5.75 Å². The Morgan fingerprint density at radius 2 is 2.05 bits per heavy atom. The fourth-order valence-electron chi connectivity index (χ4n) is 1.42. The summed E-state index contributed by atoms with van der Waals surface area (Å²) in [4.78, 5) is 21.9. The van der Waals surface area contributed by atoms with E-state index < -0.39 is 4.92 Å². The number of hydrogen-bond donors (Lipinski definition) is 1. The number of anilines is 1. The van der Waals surface area contributed by atoms with Crippen LogP contribution in [-0.2, 0) is 0 Å². The zero-order chi connectivity index (χ0) is 13.8. The quantitative estimate of drug-likeness (QED) is 0.688. The number of methoxy groups -OCH3 is 1. The number of nitro groups is 1. The first-order chi connectivity index (χ1) is 9.10. The molecule has 0 fully saturated rings. The number of nitrogens with zero attached hydrogens (tertiary/aromatic N) is 1. The number of nitrogens with one attached hydrogen (secondary N) is 1. The largest absolute Gasteiger partial charge is 0.497 e. The van der Waals surface area contributed by atoms with E-state index in [1.54, 1.807) is 31.4 Å². The number of rotatable bonds is 4. The Morgan fingerprint density at radius 1 is 1.37 bits per heavy atom. The van der Waals surface area contributed by atoms with Crippen molar-refractivity contribution in [2.75, 3.05) is 12.4 Å². The smallest absolute Gasteiger partial charge is 0.324 e. The second-order valence-electron chi connectivity index (χ2n) is 3.61. The van der Waals surface area contributed by atoms with E-state index in [0.29, 0.717) is 11.4 Å². The predicted octanol–water partition coefficient (Wildman–Crippen LogP) is 2.92. The lowest BCUT2D eigenvalue weighted by atomic mass is 10.2. The Labute approximate surface area is 112 Å². The molecule has 1 aromatic heterocycles. The van der Waals surface area contributed by atoms with Crippen LogP contribution in [0.3, 0.4) is 0 Å². The lowest BCUT2D eigenvalue weighted by molar-refractivity contribution is -0.380. The van der Waals surface area contributed by atoms with Crippen molar-refractivity contribution in [3.8, 4) is 5.75 Å². The van der Waals surface area contributed by atoms with E-state index in [-0.39, 0.29) is 16.5 Å². The maximum Gasteiger partial charge on any atom is 0.324 e. The van der Waals surface area contributed by atoms with Crippen LogP contribution < -0.4 is 10.1 Å². The molecule has 0 unspecified atom stereocenters. The summed E-state index contributed by atoms with van der Waals surface area (Å²) < 4.78 is 5.00. The van der Waals surface area contributed by atoms with Crippen molar-refractivity contribution in [2.45, 2.75) is 0 Å². The van der Waals surface area contributed by atoms with Gasteiger partial charge in [-0.15, -0.1) is 0 Å². The van der Waals surface area contributed by atoms with E-state index in [2.05, 4.69) is 5.32 Å². The maximum absolute atomic E-state index is 11.8. The fourth-order valence-corrected chi connectivity index (χ4v) is 2.12. The van der Waals surface area contributed by atoms with Crippen molar-refractivity contribution in [1.29, 1.82) is 0 Å². The van der Waals surface area contributed by atoms with Crippen LogP contribution in [-0.4, -0.2) is 17.9 Å². The molecule has 1 aromatic carbocycles. The second-order valence-corrected chi connectivity index (χ2v) is 4.50. The van der Waals surface area contributed by atoms with Crippen molar-refractivity contribution in [1.82, 2.24) is 0 Å². The van der Waals surface area contributed by atoms with Crippen LogP contribution in [0, 0.1) is 10.1 Å². The highest BCUT2D eigenvalue weighted by atomic mass is 32.1. The Bertz CT molecular complexity index is 606. The third-order valence-corrected chi connectivity index (χ3v) is 3.26. The third kappa shape index (κ3) is 3.08. The molecule has 0 atom stereocenters. The van der Waals surface area contributed by atoms with Crippen LogP contribution in [0.15, 0.2) is 35.7 Å². The zero-order valence-electron chi connectivity index (χ0n) is 9.95. The average Bonchev–Trinajstić information content (AvgIpc) is 2.89. The lowest BCUT2D eigenvalue weighted by Crippen LogP contribution is -2.10. The van der Waals surface area contributed by atoms with Gasteiger partial charge in [-0.1, -0.05) is 11.3 Å². The molecular formula is C12H10N2O4S. The van der Waals surface area contributed by atoms with E-state index in [1.165, 1.54) is 11.4 Å². The van der Waals surface area contributed by atoms with E-state index in [4.69, 9.17) is 4.74 Å². The van der Waals surface area contributed by atoms with E-state index >= 15 is 0 Å². The fraction of sp³-hybridized carbons (Fsp3) is 0.0833. The van der Waals surface area contributed by atoms with Crippen LogP contribution >= 0.6 is 11.3 Å². The number of hydrogen-bond acceptors (Lipinski definition) is 5. The van der Waals surface area contributed by atoms with Crippen LogP contribution in [0.25, 0.3) is 0 Å².